The van der Waals surface area contributed by atoms with E-state index >= 15 is 0 Å². The number of nitrogens with zero attached hydrogens (tertiary/aromatic N) is 2. The first kappa shape index (κ1) is 24.4. The van der Waals surface area contributed by atoms with Gasteiger partial charge in [0.2, 0.25) is 0 Å². The lowest BCUT2D eigenvalue weighted by atomic mass is 10.1. The van der Waals surface area contributed by atoms with Gasteiger partial charge in [0.1, 0.15) is 18.2 Å². The van der Waals surface area contributed by atoms with E-state index in [4.69, 9.17) is 21.1 Å². The molecule has 0 bridgehead atoms. The molecule has 0 saturated heterocycles. The molecule has 0 radical (unpaired) electrons. The maximum Gasteiger partial charge on any atom is 0.333 e. The maximum absolute atomic E-state index is 13.7. The standard InChI is InChI=1S/C26H22ClFN2O5/c1-2-34-23(26(32)33)13-16-7-10-18(11-8-16)35-15-24-29-22-6-4-3-5-19(22)25(31)30(24)17-9-12-21(28)20(27)14-17/h3-12,14,23H,2,13,15H2,1H3,(H,32,33). The summed E-state index contributed by atoms with van der Waals surface area (Å²) in [6.45, 7) is 2.00. The quantitative estimate of drug-likeness (QED) is 0.358. The van der Waals surface area contributed by atoms with E-state index in [9.17, 15) is 19.1 Å². The highest BCUT2D eigenvalue weighted by Gasteiger charge is 2.18. The largest absolute Gasteiger partial charge is 0.486 e. The van der Waals surface area contributed by atoms with Crippen molar-refractivity contribution in [2.75, 3.05) is 6.61 Å². The van der Waals surface area contributed by atoms with Crippen molar-refractivity contribution >= 4 is 28.5 Å². The Labute approximate surface area is 205 Å². The summed E-state index contributed by atoms with van der Waals surface area (Å²) < 4.78 is 26.2. The molecule has 35 heavy (non-hydrogen) atoms. The number of ether oxygens (including phenoxy) is 2. The van der Waals surface area contributed by atoms with E-state index in [1.54, 1.807) is 55.5 Å². The third-order valence-electron chi connectivity index (χ3n) is 5.36. The smallest absolute Gasteiger partial charge is 0.333 e. The van der Waals surface area contributed by atoms with Gasteiger partial charge in [-0.2, -0.15) is 0 Å². The van der Waals surface area contributed by atoms with Gasteiger partial charge in [-0.1, -0.05) is 35.9 Å². The van der Waals surface area contributed by atoms with Crippen LogP contribution in [0.25, 0.3) is 16.6 Å². The molecule has 0 aliphatic heterocycles. The van der Waals surface area contributed by atoms with Crippen molar-refractivity contribution in [1.82, 2.24) is 9.55 Å². The second-order valence-corrected chi connectivity index (χ2v) is 8.11. The first-order valence-electron chi connectivity index (χ1n) is 10.9. The van der Waals surface area contributed by atoms with Crippen LogP contribution >= 0.6 is 11.6 Å². The van der Waals surface area contributed by atoms with Crippen LogP contribution in [0.3, 0.4) is 0 Å². The van der Waals surface area contributed by atoms with Gasteiger partial charge in [-0.15, -0.1) is 0 Å². The van der Waals surface area contributed by atoms with Crippen LogP contribution in [-0.2, 0) is 22.6 Å². The number of rotatable bonds is 9. The molecule has 0 spiro atoms. The fraction of sp³-hybridized carbons (Fsp3) is 0.192. The molecule has 0 amide bonds. The average molecular weight is 497 g/mol. The number of carbonyl (C=O) groups is 1. The summed E-state index contributed by atoms with van der Waals surface area (Å²) in [6, 6.07) is 17.9. The summed E-state index contributed by atoms with van der Waals surface area (Å²) in [7, 11) is 0. The van der Waals surface area contributed by atoms with Crippen molar-refractivity contribution in [2.24, 2.45) is 0 Å². The second-order valence-electron chi connectivity index (χ2n) is 7.70. The molecule has 1 N–H and O–H groups in total. The van der Waals surface area contributed by atoms with Gasteiger partial charge in [0.15, 0.2) is 11.9 Å². The summed E-state index contributed by atoms with van der Waals surface area (Å²) in [5.41, 5.74) is 1.32. The zero-order valence-corrected chi connectivity index (χ0v) is 19.5. The molecule has 9 heteroatoms. The zero-order valence-electron chi connectivity index (χ0n) is 18.8. The number of fused-ring (bicyclic) bond motifs is 1. The van der Waals surface area contributed by atoms with Crippen LogP contribution in [0.1, 0.15) is 18.3 Å². The Bertz CT molecular complexity index is 1420. The minimum atomic E-state index is -1.02. The summed E-state index contributed by atoms with van der Waals surface area (Å²) in [6.07, 6.45) is -0.703. The zero-order chi connectivity index (χ0) is 24.9. The number of carboxylic acids is 1. The number of halogens is 2. The molecule has 1 atom stereocenters. The van der Waals surface area contributed by atoms with Gasteiger partial charge in [0.25, 0.3) is 5.56 Å². The molecule has 0 saturated carbocycles. The molecule has 0 aliphatic rings. The maximum atomic E-state index is 13.7. The summed E-state index contributed by atoms with van der Waals surface area (Å²) >= 11 is 5.96. The van der Waals surface area contributed by atoms with E-state index in [1.807, 2.05) is 0 Å². The second kappa shape index (κ2) is 10.7. The molecule has 7 nitrogen and oxygen atoms in total. The Balaban J connectivity index is 1.62. The van der Waals surface area contributed by atoms with Crippen LogP contribution in [0, 0.1) is 5.82 Å². The number of aromatic nitrogens is 2. The first-order valence-corrected chi connectivity index (χ1v) is 11.3. The SMILES string of the molecule is CCOC(Cc1ccc(OCc2nc3ccccc3c(=O)n2-c2ccc(F)c(Cl)c2)cc1)C(=O)O. The van der Waals surface area contributed by atoms with Crippen molar-refractivity contribution < 1.29 is 23.8 Å². The predicted molar refractivity (Wildman–Crippen MR) is 130 cm³/mol. The first-order chi connectivity index (χ1) is 16.9. The van der Waals surface area contributed by atoms with Gasteiger partial charge in [-0.25, -0.2) is 14.2 Å². The monoisotopic (exact) mass is 496 g/mol. The minimum Gasteiger partial charge on any atom is -0.486 e. The van der Waals surface area contributed by atoms with E-state index in [1.165, 1.54) is 22.8 Å². The molecule has 1 heterocycles. The number of benzene rings is 3. The van der Waals surface area contributed by atoms with Crippen LogP contribution in [0.4, 0.5) is 4.39 Å². The Morgan fingerprint density at radius 1 is 1.14 bits per heavy atom. The highest BCUT2D eigenvalue weighted by atomic mass is 35.5. The van der Waals surface area contributed by atoms with E-state index in [0.29, 0.717) is 34.8 Å². The topological polar surface area (TPSA) is 90.7 Å². The molecular weight excluding hydrogens is 475 g/mol. The highest BCUT2D eigenvalue weighted by molar-refractivity contribution is 6.30. The van der Waals surface area contributed by atoms with Gasteiger partial charge in [0, 0.05) is 13.0 Å². The Hall–Kier alpha value is -3.75. The van der Waals surface area contributed by atoms with Crippen molar-refractivity contribution in [2.45, 2.75) is 26.1 Å². The minimum absolute atomic E-state index is 0.0505. The Kier molecular flexibility index (Phi) is 7.43. The van der Waals surface area contributed by atoms with Crippen molar-refractivity contribution in [3.63, 3.8) is 0 Å². The van der Waals surface area contributed by atoms with Gasteiger partial charge < -0.3 is 14.6 Å². The van der Waals surface area contributed by atoms with Crippen LogP contribution < -0.4 is 10.3 Å². The van der Waals surface area contributed by atoms with Crippen LogP contribution in [0.5, 0.6) is 5.75 Å². The molecular formula is C26H22ClFN2O5. The van der Waals surface area contributed by atoms with E-state index in [-0.39, 0.29) is 23.6 Å². The molecule has 4 aromatic rings. The molecule has 1 unspecified atom stereocenters. The van der Waals surface area contributed by atoms with E-state index < -0.39 is 17.9 Å². The van der Waals surface area contributed by atoms with Crippen molar-refractivity contribution in [3.05, 3.63) is 99.3 Å². The lowest BCUT2D eigenvalue weighted by molar-refractivity contribution is -0.149. The highest BCUT2D eigenvalue weighted by Crippen LogP contribution is 2.21. The molecule has 180 valence electrons. The number of hydrogen-bond donors (Lipinski definition) is 1. The molecule has 0 fully saturated rings. The fourth-order valence-corrected chi connectivity index (χ4v) is 3.84. The summed E-state index contributed by atoms with van der Waals surface area (Å²) in [4.78, 5) is 29.2. The van der Waals surface area contributed by atoms with Gasteiger partial charge >= 0.3 is 5.97 Å². The lowest BCUT2D eigenvalue weighted by Gasteiger charge is -2.15. The molecule has 1 aromatic heterocycles. The number of para-hydroxylation sites is 1. The number of hydrogen-bond acceptors (Lipinski definition) is 5. The number of aliphatic carboxylic acids is 1. The Morgan fingerprint density at radius 2 is 1.89 bits per heavy atom. The fourth-order valence-electron chi connectivity index (χ4n) is 3.67. The van der Waals surface area contributed by atoms with Crippen LogP contribution in [0.2, 0.25) is 5.02 Å². The van der Waals surface area contributed by atoms with E-state index in [2.05, 4.69) is 4.98 Å². The average Bonchev–Trinajstić information content (AvgIpc) is 2.85. The van der Waals surface area contributed by atoms with Gasteiger partial charge in [-0.05, 0) is 55.0 Å². The molecule has 4 rings (SSSR count). The summed E-state index contributed by atoms with van der Waals surface area (Å²) in [5, 5.41) is 9.56. The molecule has 3 aromatic carbocycles. The third kappa shape index (κ3) is 5.50. The van der Waals surface area contributed by atoms with Crippen LogP contribution in [0.15, 0.2) is 71.5 Å². The molecule has 0 aliphatic carbocycles. The lowest BCUT2D eigenvalue weighted by Crippen LogP contribution is -2.26. The number of carboxylic acid groups (broad SMARTS) is 1. The van der Waals surface area contributed by atoms with Gasteiger partial charge in [0.05, 0.1) is 21.6 Å². The summed E-state index contributed by atoms with van der Waals surface area (Å²) in [5.74, 6) is -0.802. The van der Waals surface area contributed by atoms with E-state index in [0.717, 1.165) is 5.56 Å². The Morgan fingerprint density at radius 3 is 2.57 bits per heavy atom. The third-order valence-corrected chi connectivity index (χ3v) is 5.65. The van der Waals surface area contributed by atoms with Gasteiger partial charge in [-0.3, -0.25) is 9.36 Å². The van der Waals surface area contributed by atoms with Crippen molar-refractivity contribution in [1.29, 1.82) is 0 Å². The van der Waals surface area contributed by atoms with Crippen LogP contribution in [-0.4, -0.2) is 33.3 Å². The normalized spacial score (nSPS) is 12.0. The van der Waals surface area contributed by atoms with Crippen molar-refractivity contribution in [3.8, 4) is 11.4 Å². The predicted octanol–water partition coefficient (Wildman–Crippen LogP) is 4.79.